The van der Waals surface area contributed by atoms with Crippen LogP contribution in [0.15, 0.2) is 66.2 Å². The van der Waals surface area contributed by atoms with Crippen LogP contribution in [0.3, 0.4) is 0 Å². The lowest BCUT2D eigenvalue weighted by Crippen LogP contribution is -2.24. The van der Waals surface area contributed by atoms with Crippen molar-refractivity contribution in [2.75, 3.05) is 7.11 Å². The maximum Gasteiger partial charge on any atom is 0.434 e. The number of aryl methyl sites for hydroxylation is 2. The van der Waals surface area contributed by atoms with E-state index in [1.807, 2.05) is 0 Å². The number of benzene rings is 1. The molecular formula is C31H26F3N9O2. The number of rotatable bonds is 7. The lowest BCUT2D eigenvalue weighted by Gasteiger charge is -2.15. The average molecular weight is 614 g/mol. The summed E-state index contributed by atoms with van der Waals surface area (Å²) in [6, 6.07) is 8.63. The molecule has 1 saturated carbocycles. The lowest BCUT2D eigenvalue weighted by atomic mass is 10.1. The van der Waals surface area contributed by atoms with Crippen LogP contribution in [0.4, 0.5) is 13.2 Å². The van der Waals surface area contributed by atoms with Crippen LogP contribution in [0.2, 0.25) is 0 Å². The largest absolute Gasteiger partial charge is 0.480 e. The predicted octanol–water partition coefficient (Wildman–Crippen LogP) is 5.00. The van der Waals surface area contributed by atoms with Gasteiger partial charge in [-0.25, -0.2) is 24.9 Å². The highest BCUT2D eigenvalue weighted by Gasteiger charge is 2.35. The average Bonchev–Trinajstić information content (AvgIpc) is 3.66. The van der Waals surface area contributed by atoms with E-state index in [2.05, 4.69) is 25.0 Å². The van der Waals surface area contributed by atoms with Gasteiger partial charge in [-0.2, -0.15) is 18.3 Å². The Balaban J connectivity index is 1.35. The minimum atomic E-state index is -4.55. The minimum Gasteiger partial charge on any atom is -0.480 e. The van der Waals surface area contributed by atoms with E-state index >= 15 is 0 Å². The van der Waals surface area contributed by atoms with Gasteiger partial charge in [0.1, 0.15) is 23.4 Å². The molecule has 7 rings (SSSR count). The summed E-state index contributed by atoms with van der Waals surface area (Å²) in [6.07, 6.45) is 4.90. The topological polar surface area (TPSA) is 118 Å². The van der Waals surface area contributed by atoms with E-state index in [0.717, 1.165) is 30.3 Å². The molecule has 0 saturated heterocycles. The minimum absolute atomic E-state index is 0.131. The van der Waals surface area contributed by atoms with Crippen molar-refractivity contribution in [1.29, 1.82) is 0 Å². The monoisotopic (exact) mass is 613 g/mol. The van der Waals surface area contributed by atoms with Crippen molar-refractivity contribution in [3.63, 3.8) is 0 Å². The summed E-state index contributed by atoms with van der Waals surface area (Å²) in [5.74, 6) is 1.13. The first-order valence-corrected chi connectivity index (χ1v) is 14.1. The molecule has 1 aliphatic carbocycles. The maximum absolute atomic E-state index is 14.1. The Morgan fingerprint density at radius 3 is 2.40 bits per heavy atom. The van der Waals surface area contributed by atoms with Gasteiger partial charge in [0.15, 0.2) is 11.5 Å². The molecule has 11 nitrogen and oxygen atoms in total. The number of imidazole rings is 1. The van der Waals surface area contributed by atoms with Crippen molar-refractivity contribution in [3.8, 4) is 39.8 Å². The van der Waals surface area contributed by atoms with E-state index in [0.29, 0.717) is 45.0 Å². The van der Waals surface area contributed by atoms with Gasteiger partial charge >= 0.3 is 6.18 Å². The van der Waals surface area contributed by atoms with Crippen molar-refractivity contribution >= 4 is 11.0 Å². The predicted molar refractivity (Wildman–Crippen MR) is 158 cm³/mol. The number of hydrogen-bond donors (Lipinski definition) is 0. The van der Waals surface area contributed by atoms with Crippen molar-refractivity contribution in [2.24, 2.45) is 14.1 Å². The van der Waals surface area contributed by atoms with E-state index in [1.54, 1.807) is 65.2 Å². The van der Waals surface area contributed by atoms with E-state index in [-0.39, 0.29) is 23.8 Å². The maximum atomic E-state index is 14.1. The summed E-state index contributed by atoms with van der Waals surface area (Å²) in [5, 5.41) is 4.86. The summed E-state index contributed by atoms with van der Waals surface area (Å²) in [7, 11) is 4.81. The smallest absolute Gasteiger partial charge is 0.434 e. The van der Waals surface area contributed by atoms with Crippen LogP contribution in [-0.2, 0) is 26.8 Å². The molecule has 0 aliphatic heterocycles. The van der Waals surface area contributed by atoms with Gasteiger partial charge in [0.25, 0.3) is 5.56 Å². The van der Waals surface area contributed by atoms with Gasteiger partial charge < -0.3 is 9.30 Å². The normalized spacial score (nSPS) is 13.5. The molecule has 6 aromatic rings. The van der Waals surface area contributed by atoms with Crippen LogP contribution in [0.5, 0.6) is 5.88 Å². The SMILES string of the molecule is COc1ncnc(C2CC2)c1-c1ncc2cc(-c3cnn(C)c3)c(=O)n(Cc3ccc(-c4nc(C(F)(F)F)cn4C)cc3)c2n1. The number of ether oxygens (including phenoxy) is 1. The molecule has 0 amide bonds. The fourth-order valence-corrected chi connectivity index (χ4v) is 5.42. The van der Waals surface area contributed by atoms with Crippen molar-refractivity contribution in [3.05, 3.63) is 88.8 Å². The fraction of sp³-hybridized carbons (Fsp3) is 0.258. The van der Waals surface area contributed by atoms with Gasteiger partial charge in [-0.05, 0) is 24.5 Å². The van der Waals surface area contributed by atoms with Crippen LogP contribution in [-0.4, -0.2) is 50.9 Å². The van der Waals surface area contributed by atoms with Crippen molar-refractivity contribution in [1.82, 2.24) is 43.8 Å². The van der Waals surface area contributed by atoms with Crippen LogP contribution in [0.25, 0.3) is 44.9 Å². The number of halogens is 3. The molecule has 5 heterocycles. The summed E-state index contributed by atoms with van der Waals surface area (Å²) >= 11 is 0. The number of pyridine rings is 1. The van der Waals surface area contributed by atoms with Gasteiger partial charge in [0, 0.05) is 55.1 Å². The molecule has 14 heteroatoms. The summed E-state index contributed by atoms with van der Waals surface area (Å²) in [4.78, 5) is 36.2. The number of alkyl halides is 3. The molecule has 0 bridgehead atoms. The highest BCUT2D eigenvalue weighted by molar-refractivity contribution is 5.82. The van der Waals surface area contributed by atoms with Gasteiger partial charge in [0.05, 0.1) is 31.1 Å². The Kier molecular flexibility index (Phi) is 6.71. The number of nitrogens with zero attached hydrogens (tertiary/aromatic N) is 9. The zero-order chi connectivity index (χ0) is 31.5. The third kappa shape index (κ3) is 5.21. The van der Waals surface area contributed by atoms with Crippen LogP contribution in [0, 0.1) is 0 Å². The second-order valence-electron chi connectivity index (χ2n) is 11.0. The Hall–Kier alpha value is -5.40. The number of methoxy groups -OCH3 is 1. The molecule has 1 aromatic carbocycles. The molecular weight excluding hydrogens is 587 g/mol. The Labute approximate surface area is 254 Å². The summed E-state index contributed by atoms with van der Waals surface area (Å²) in [6.45, 7) is 0.131. The molecule has 45 heavy (non-hydrogen) atoms. The van der Waals surface area contributed by atoms with E-state index < -0.39 is 11.9 Å². The highest BCUT2D eigenvalue weighted by atomic mass is 19.4. The lowest BCUT2D eigenvalue weighted by molar-refractivity contribution is -0.140. The number of aromatic nitrogens is 9. The molecule has 0 N–H and O–H groups in total. The van der Waals surface area contributed by atoms with Gasteiger partial charge in [-0.15, -0.1) is 0 Å². The van der Waals surface area contributed by atoms with Crippen molar-refractivity contribution < 1.29 is 17.9 Å². The first kappa shape index (κ1) is 28.4. The summed E-state index contributed by atoms with van der Waals surface area (Å²) in [5.41, 5.74) is 2.85. The van der Waals surface area contributed by atoms with Crippen LogP contribution in [0.1, 0.15) is 35.7 Å². The second kappa shape index (κ2) is 10.6. The van der Waals surface area contributed by atoms with Crippen molar-refractivity contribution in [2.45, 2.75) is 31.5 Å². The van der Waals surface area contributed by atoms with Crippen LogP contribution < -0.4 is 10.3 Å². The first-order valence-electron chi connectivity index (χ1n) is 14.1. The molecule has 0 radical (unpaired) electrons. The van der Waals surface area contributed by atoms with Crippen LogP contribution >= 0.6 is 0 Å². The molecule has 1 fully saturated rings. The molecule has 0 atom stereocenters. The quantitative estimate of drug-likeness (QED) is 0.247. The number of hydrogen-bond acceptors (Lipinski definition) is 8. The highest BCUT2D eigenvalue weighted by Crippen LogP contribution is 2.45. The van der Waals surface area contributed by atoms with E-state index in [4.69, 9.17) is 9.72 Å². The molecule has 5 aromatic heterocycles. The molecule has 0 spiro atoms. The second-order valence-corrected chi connectivity index (χ2v) is 11.0. The molecule has 228 valence electrons. The Morgan fingerprint density at radius 1 is 0.978 bits per heavy atom. The standard InChI is InChI=1S/C31H26F3N9O2/c1-41-15-23(31(32,33)34)39-27(41)19-6-4-17(5-7-19)13-43-28-20(10-22(30(43)44)21-12-38-42(2)14-21)11-35-26(40-28)24-25(18-8-9-18)36-16-37-29(24)45-3/h4-7,10-12,14-16,18H,8-9,13H2,1-3H3. The molecule has 1 aliphatic rings. The van der Waals surface area contributed by atoms with Gasteiger partial charge in [-0.1, -0.05) is 24.3 Å². The van der Waals surface area contributed by atoms with E-state index in [9.17, 15) is 18.0 Å². The third-order valence-corrected chi connectivity index (χ3v) is 7.79. The van der Waals surface area contributed by atoms with E-state index in [1.165, 1.54) is 25.1 Å². The summed E-state index contributed by atoms with van der Waals surface area (Å²) < 4.78 is 49.8. The zero-order valence-electron chi connectivity index (χ0n) is 24.4. The Morgan fingerprint density at radius 2 is 1.76 bits per heavy atom. The first-order chi connectivity index (χ1) is 21.6. The number of fused-ring (bicyclic) bond motifs is 1. The third-order valence-electron chi connectivity index (χ3n) is 7.79. The zero-order valence-corrected chi connectivity index (χ0v) is 24.4. The molecule has 0 unspecified atom stereocenters. The fourth-order valence-electron chi connectivity index (χ4n) is 5.42. The van der Waals surface area contributed by atoms with Gasteiger partial charge in [0.2, 0.25) is 5.88 Å². The van der Waals surface area contributed by atoms with Gasteiger partial charge in [-0.3, -0.25) is 14.0 Å². The Bertz CT molecular complexity index is 2130.